The third-order valence-corrected chi connectivity index (χ3v) is 15.6. The van der Waals surface area contributed by atoms with Gasteiger partial charge < -0.3 is 14.4 Å². The van der Waals surface area contributed by atoms with E-state index in [4.69, 9.17) is 4.98 Å². The molecule has 0 amide bonds. The van der Waals surface area contributed by atoms with Crippen LogP contribution in [0.2, 0.25) is 0 Å². The summed E-state index contributed by atoms with van der Waals surface area (Å²) in [6.45, 7) is 0. The fourth-order valence-electron chi connectivity index (χ4n) is 12.0. The highest BCUT2D eigenvalue weighted by atomic mass is 15.1. The van der Waals surface area contributed by atoms with Crippen molar-refractivity contribution in [2.45, 2.75) is 0 Å². The third-order valence-electron chi connectivity index (χ3n) is 15.6. The summed E-state index contributed by atoms with van der Waals surface area (Å²) >= 11 is 0. The molecule has 0 atom stereocenters. The second kappa shape index (κ2) is 19.2. The average molecular weight is 1010 g/mol. The smallest absolute Gasteiger partial charge is 0.0702 e. The molecule has 5 heteroatoms. The van der Waals surface area contributed by atoms with Gasteiger partial charge in [0.1, 0.15) is 0 Å². The molecule has 0 aliphatic rings. The summed E-state index contributed by atoms with van der Waals surface area (Å²) in [5, 5.41) is 12.0. The molecule has 0 saturated carbocycles. The van der Waals surface area contributed by atoms with Gasteiger partial charge >= 0.3 is 0 Å². The van der Waals surface area contributed by atoms with Gasteiger partial charge in [0.2, 0.25) is 0 Å². The summed E-state index contributed by atoms with van der Waals surface area (Å²) in [5.74, 6) is 0. The highest BCUT2D eigenvalue weighted by molar-refractivity contribution is 6.31. The molecular weight excluding hydrogens is 959 g/mol. The van der Waals surface area contributed by atoms with Gasteiger partial charge in [0.25, 0.3) is 0 Å². The number of hydrogen-bond acceptors (Lipinski definition) is 4. The molecule has 0 spiro atoms. The molecule has 79 heavy (non-hydrogen) atoms. The van der Waals surface area contributed by atoms with Crippen molar-refractivity contribution >= 4 is 99.0 Å². The monoisotopic (exact) mass is 1010 g/mol. The fraction of sp³-hybridized carbons (Fsp3) is 0. The van der Waals surface area contributed by atoms with Crippen molar-refractivity contribution in [2.75, 3.05) is 9.80 Å². The molecule has 0 aliphatic carbocycles. The van der Waals surface area contributed by atoms with Gasteiger partial charge in [-0.05, 0) is 200 Å². The summed E-state index contributed by atoms with van der Waals surface area (Å²) in [6, 6.07) is 103. The molecule has 0 bridgehead atoms. The van der Waals surface area contributed by atoms with Gasteiger partial charge in [-0.3, -0.25) is 9.97 Å². The number of para-hydroxylation sites is 4. The topological polar surface area (TPSA) is 37.2 Å². The van der Waals surface area contributed by atoms with E-state index in [0.29, 0.717) is 0 Å². The number of hydrogen-bond donors (Lipinski definition) is 0. The Hall–Kier alpha value is -10.6. The Bertz CT molecular complexity index is 4660. The molecule has 0 radical (unpaired) electrons. The Morgan fingerprint density at radius 2 is 0.722 bits per heavy atom. The first-order valence-electron chi connectivity index (χ1n) is 26.9. The van der Waals surface area contributed by atoms with E-state index in [1.807, 2.05) is 36.7 Å². The molecule has 0 N–H and O–H groups in total. The van der Waals surface area contributed by atoms with Gasteiger partial charge in [-0.2, -0.15) is 0 Å². The highest BCUT2D eigenvalue weighted by Crippen LogP contribution is 2.47. The van der Waals surface area contributed by atoms with Gasteiger partial charge in [0.05, 0.1) is 22.4 Å². The zero-order valence-corrected chi connectivity index (χ0v) is 43.0. The van der Waals surface area contributed by atoms with Crippen LogP contribution in [0.25, 0.3) is 104 Å². The van der Waals surface area contributed by atoms with Crippen LogP contribution in [0.4, 0.5) is 34.1 Å². The highest BCUT2D eigenvalue weighted by Gasteiger charge is 2.22. The third kappa shape index (κ3) is 8.03. The molecule has 15 rings (SSSR count). The van der Waals surface area contributed by atoms with Crippen LogP contribution in [-0.4, -0.2) is 14.5 Å². The number of anilines is 6. The van der Waals surface area contributed by atoms with E-state index in [9.17, 15) is 0 Å². The second-order valence-corrected chi connectivity index (χ2v) is 20.2. The number of fused-ring (bicyclic) bond motifs is 11. The first-order chi connectivity index (χ1) is 39.2. The maximum absolute atomic E-state index is 4.70. The van der Waals surface area contributed by atoms with E-state index in [-0.39, 0.29) is 0 Å². The maximum Gasteiger partial charge on any atom is 0.0702 e. The van der Waals surface area contributed by atoms with Crippen LogP contribution in [0.1, 0.15) is 0 Å². The van der Waals surface area contributed by atoms with Crippen molar-refractivity contribution in [1.82, 2.24) is 14.5 Å². The number of nitrogens with zero attached hydrogens (tertiary/aromatic N) is 5. The van der Waals surface area contributed by atoms with Crippen molar-refractivity contribution < 1.29 is 0 Å². The van der Waals surface area contributed by atoms with Gasteiger partial charge in [-0.25, -0.2) is 0 Å². The lowest BCUT2D eigenvalue weighted by Gasteiger charge is -2.27. The second-order valence-electron chi connectivity index (χ2n) is 20.2. The molecule has 3 heterocycles. The molecule has 0 fully saturated rings. The summed E-state index contributed by atoms with van der Waals surface area (Å²) in [6.07, 6.45) is 3.71. The van der Waals surface area contributed by atoms with Crippen LogP contribution in [-0.2, 0) is 0 Å². The molecule has 12 aromatic carbocycles. The molecule has 15 aromatic rings. The summed E-state index contributed by atoms with van der Waals surface area (Å²) < 4.78 is 2.43. The van der Waals surface area contributed by atoms with Crippen LogP contribution in [0.15, 0.2) is 298 Å². The van der Waals surface area contributed by atoms with Crippen LogP contribution in [0.3, 0.4) is 0 Å². The van der Waals surface area contributed by atoms with Crippen LogP contribution in [0.5, 0.6) is 0 Å². The van der Waals surface area contributed by atoms with Crippen molar-refractivity contribution in [3.8, 4) is 39.3 Å². The van der Waals surface area contributed by atoms with E-state index >= 15 is 0 Å². The first kappa shape index (κ1) is 45.7. The van der Waals surface area contributed by atoms with E-state index in [1.54, 1.807) is 0 Å². The van der Waals surface area contributed by atoms with Gasteiger partial charge in [-0.1, -0.05) is 140 Å². The number of benzene rings is 12. The summed E-state index contributed by atoms with van der Waals surface area (Å²) in [5.41, 5.74) is 16.3. The van der Waals surface area contributed by atoms with Crippen molar-refractivity contribution in [3.63, 3.8) is 0 Å². The quantitative estimate of drug-likeness (QED) is 0.101. The van der Waals surface area contributed by atoms with E-state index in [0.717, 1.165) is 84.5 Å². The minimum absolute atomic E-state index is 0.951. The zero-order chi connectivity index (χ0) is 52.2. The predicted octanol–water partition coefficient (Wildman–Crippen LogP) is 20.1. The Labute approximate surface area is 457 Å². The van der Waals surface area contributed by atoms with Crippen molar-refractivity contribution in [2.24, 2.45) is 0 Å². The number of aromatic nitrogens is 3. The lowest BCUT2D eigenvalue weighted by atomic mass is 9.90. The predicted molar refractivity (Wildman–Crippen MR) is 332 cm³/mol. The van der Waals surface area contributed by atoms with E-state index in [1.165, 1.54) is 53.9 Å². The van der Waals surface area contributed by atoms with Crippen molar-refractivity contribution in [1.29, 1.82) is 0 Å². The van der Waals surface area contributed by atoms with Gasteiger partial charge in [-0.15, -0.1) is 0 Å². The Morgan fingerprint density at radius 1 is 0.253 bits per heavy atom. The number of rotatable bonds is 10. The minimum atomic E-state index is 0.951. The molecule has 370 valence electrons. The fourth-order valence-corrected chi connectivity index (χ4v) is 12.0. The van der Waals surface area contributed by atoms with Gasteiger partial charge in [0.15, 0.2) is 0 Å². The largest absolute Gasteiger partial charge is 0.310 e. The Morgan fingerprint density at radius 3 is 1.27 bits per heavy atom. The lowest BCUT2D eigenvalue weighted by Crippen LogP contribution is -2.10. The summed E-state index contributed by atoms with van der Waals surface area (Å²) in [7, 11) is 0. The Balaban J connectivity index is 1.01. The average Bonchev–Trinajstić information content (AvgIpc) is 4.01. The first-order valence-corrected chi connectivity index (χ1v) is 26.9. The molecule has 0 aliphatic heterocycles. The molecular formula is C74H49N5. The Kier molecular flexibility index (Phi) is 11.1. The SMILES string of the molecule is c1ccc(N(c2ccccc2)c2ccc3c(c2)c2cc(N(c4ccccc4)c4ccccc4)ccc2c2cc4c(ccc5c4c4cc(-c6cccc(-c7ccccn7)c6)ccc4n5-c4ccc(-c5ccccn5)cc4)cc32)cc1. The molecule has 5 nitrogen and oxygen atoms in total. The zero-order valence-electron chi connectivity index (χ0n) is 43.0. The molecule has 3 aromatic heterocycles. The maximum atomic E-state index is 4.70. The van der Waals surface area contributed by atoms with Gasteiger partial charge in [0, 0.05) is 74.1 Å². The lowest BCUT2D eigenvalue weighted by molar-refractivity contribution is 1.18. The van der Waals surface area contributed by atoms with E-state index in [2.05, 4.69) is 280 Å². The van der Waals surface area contributed by atoms with E-state index < -0.39 is 0 Å². The van der Waals surface area contributed by atoms with Crippen LogP contribution < -0.4 is 9.80 Å². The standard InChI is InChI=1S/C74H49N5/c1-5-20-55(21-6-1)77(56-22-7-2-8-23-56)60-36-38-62-65-46-53-33-41-73-74(64(53)49-68(65)63-39-37-61(48-67(63)66(62)47-60)78(57-24-9-3-10-25-57)58-26-11-4-12-27-58)69-45-52(51-18-17-19-54(44-51)71-29-14-16-43-76-71)32-40-72(69)79(73)59-34-30-50(31-35-59)70-28-13-15-42-75-70/h1-49H. The molecule has 0 saturated heterocycles. The van der Waals surface area contributed by atoms with Crippen LogP contribution in [0, 0.1) is 0 Å². The number of pyridine rings is 2. The minimum Gasteiger partial charge on any atom is -0.310 e. The molecule has 0 unspecified atom stereocenters. The van der Waals surface area contributed by atoms with Crippen molar-refractivity contribution in [3.05, 3.63) is 298 Å². The van der Waals surface area contributed by atoms with Crippen LogP contribution >= 0.6 is 0 Å². The summed E-state index contributed by atoms with van der Waals surface area (Å²) in [4.78, 5) is 14.1. The normalized spacial score (nSPS) is 11.5.